The number of hydrogen-bond donors (Lipinski definition) is 1. The Morgan fingerprint density at radius 1 is 1.20 bits per heavy atom. The van der Waals surface area contributed by atoms with Gasteiger partial charge in [0.15, 0.2) is 0 Å². The van der Waals surface area contributed by atoms with Gasteiger partial charge in [-0.25, -0.2) is 0 Å². The molecule has 25 heavy (non-hydrogen) atoms. The highest BCUT2D eigenvalue weighted by Crippen LogP contribution is 2.17. The first-order chi connectivity index (χ1) is 12.1. The lowest BCUT2D eigenvalue weighted by molar-refractivity contribution is -0.134. The van der Waals surface area contributed by atoms with Gasteiger partial charge in [-0.1, -0.05) is 37.8 Å². The lowest BCUT2D eigenvalue weighted by atomic mass is 10.1. The molecule has 2 rings (SSSR count). The van der Waals surface area contributed by atoms with Gasteiger partial charge in [0, 0.05) is 19.5 Å². The number of nitrogens with one attached hydrogen (secondary N) is 1. The number of ether oxygens (including phenoxy) is 1. The molecule has 1 fully saturated rings. The average molecular weight is 346 g/mol. The highest BCUT2D eigenvalue weighted by atomic mass is 16.5. The van der Waals surface area contributed by atoms with Gasteiger partial charge in [0.05, 0.1) is 13.7 Å². The van der Waals surface area contributed by atoms with Crippen molar-refractivity contribution < 1.29 is 14.3 Å². The molecule has 0 spiro atoms. The van der Waals surface area contributed by atoms with E-state index in [-0.39, 0.29) is 24.4 Å². The quantitative estimate of drug-likeness (QED) is 0.772. The minimum atomic E-state index is -0.0705. The number of amides is 2. The summed E-state index contributed by atoms with van der Waals surface area (Å²) in [6.45, 7) is 2.18. The van der Waals surface area contributed by atoms with E-state index in [1.807, 2.05) is 24.3 Å². The molecule has 1 aromatic carbocycles. The lowest BCUT2D eigenvalue weighted by Crippen LogP contribution is -2.44. The van der Waals surface area contributed by atoms with E-state index in [0.717, 1.165) is 24.2 Å². The Balaban J connectivity index is 1.84. The van der Waals surface area contributed by atoms with Gasteiger partial charge in [0.2, 0.25) is 11.8 Å². The average Bonchev–Trinajstić information content (AvgIpc) is 2.87. The third-order valence-electron chi connectivity index (χ3n) is 4.80. The van der Waals surface area contributed by atoms with E-state index in [4.69, 9.17) is 4.74 Å². The van der Waals surface area contributed by atoms with Crippen molar-refractivity contribution in [3.05, 3.63) is 29.8 Å². The van der Waals surface area contributed by atoms with Gasteiger partial charge in [-0.15, -0.1) is 0 Å². The van der Waals surface area contributed by atoms with Gasteiger partial charge in [-0.3, -0.25) is 9.59 Å². The van der Waals surface area contributed by atoms with Crippen LogP contribution in [0.5, 0.6) is 5.75 Å². The fraction of sp³-hybridized carbons (Fsp3) is 0.600. The van der Waals surface area contributed by atoms with Crippen LogP contribution in [0.4, 0.5) is 0 Å². The van der Waals surface area contributed by atoms with E-state index in [0.29, 0.717) is 13.0 Å². The highest BCUT2D eigenvalue weighted by Gasteiger charge is 2.18. The second-order valence-corrected chi connectivity index (χ2v) is 6.80. The second kappa shape index (κ2) is 10.1. The molecule has 1 saturated carbocycles. The van der Waals surface area contributed by atoms with E-state index < -0.39 is 0 Å². The number of methoxy groups -OCH3 is 1. The maximum absolute atomic E-state index is 12.3. The molecular weight excluding hydrogens is 316 g/mol. The number of hydrogen-bond acceptors (Lipinski definition) is 3. The number of carbonyl (C=O) groups is 2. The molecular formula is C20H30N2O3. The summed E-state index contributed by atoms with van der Waals surface area (Å²) in [4.78, 5) is 25.8. The molecule has 1 aliphatic rings. The first kappa shape index (κ1) is 19.3. The van der Waals surface area contributed by atoms with Crippen LogP contribution < -0.4 is 10.1 Å². The Morgan fingerprint density at radius 2 is 1.92 bits per heavy atom. The largest absolute Gasteiger partial charge is 0.497 e. The van der Waals surface area contributed by atoms with E-state index in [1.165, 1.54) is 32.6 Å². The fourth-order valence-electron chi connectivity index (χ4n) is 3.31. The first-order valence-corrected chi connectivity index (χ1v) is 9.26. The predicted octanol–water partition coefficient (Wildman–Crippen LogP) is 2.93. The normalized spacial score (nSPS) is 15.3. The van der Waals surface area contributed by atoms with Crippen molar-refractivity contribution in [2.45, 2.75) is 57.9 Å². The van der Waals surface area contributed by atoms with Crippen molar-refractivity contribution in [3.63, 3.8) is 0 Å². The van der Waals surface area contributed by atoms with Gasteiger partial charge in [-0.05, 0) is 37.0 Å². The Labute approximate surface area is 150 Å². The van der Waals surface area contributed by atoms with Gasteiger partial charge in [0.1, 0.15) is 5.75 Å². The molecule has 0 aromatic heterocycles. The summed E-state index contributed by atoms with van der Waals surface area (Å²) in [5.41, 5.74) is 1.09. The predicted molar refractivity (Wildman–Crippen MR) is 98.6 cm³/mol. The zero-order chi connectivity index (χ0) is 18.1. The van der Waals surface area contributed by atoms with Crippen molar-refractivity contribution in [2.24, 2.45) is 0 Å². The van der Waals surface area contributed by atoms with Crippen LogP contribution in [-0.4, -0.2) is 43.0 Å². The topological polar surface area (TPSA) is 58.6 Å². The maximum atomic E-state index is 12.3. The molecule has 0 atom stereocenters. The Kier molecular flexibility index (Phi) is 7.76. The minimum Gasteiger partial charge on any atom is -0.497 e. The first-order valence-electron chi connectivity index (χ1n) is 9.26. The molecule has 0 radical (unpaired) electrons. The van der Waals surface area contributed by atoms with Crippen LogP contribution in [0, 0.1) is 0 Å². The van der Waals surface area contributed by atoms with Crippen molar-refractivity contribution in [2.75, 3.05) is 20.2 Å². The maximum Gasteiger partial charge on any atom is 0.239 e. The van der Waals surface area contributed by atoms with Crippen molar-refractivity contribution in [1.29, 1.82) is 0 Å². The Morgan fingerprint density at radius 3 is 2.56 bits per heavy atom. The SMILES string of the molecule is COc1cccc(CCN(CC(=O)NC2CCCCCC2)C(C)=O)c1. The molecule has 1 aliphatic carbocycles. The van der Waals surface area contributed by atoms with Crippen LogP contribution in [0.2, 0.25) is 0 Å². The summed E-state index contributed by atoms with van der Waals surface area (Å²) < 4.78 is 5.22. The van der Waals surface area contributed by atoms with E-state index in [1.54, 1.807) is 12.0 Å². The lowest BCUT2D eigenvalue weighted by Gasteiger charge is -2.23. The Bertz CT molecular complexity index is 566. The van der Waals surface area contributed by atoms with Gasteiger partial charge in [-0.2, -0.15) is 0 Å². The zero-order valence-corrected chi connectivity index (χ0v) is 15.4. The smallest absolute Gasteiger partial charge is 0.239 e. The van der Waals surface area contributed by atoms with Crippen LogP contribution in [0.25, 0.3) is 0 Å². The monoisotopic (exact) mass is 346 g/mol. The molecule has 0 saturated heterocycles. The Hall–Kier alpha value is -2.04. The number of rotatable bonds is 7. The molecule has 0 bridgehead atoms. The van der Waals surface area contributed by atoms with Crippen LogP contribution in [0.1, 0.15) is 51.0 Å². The molecule has 0 unspecified atom stereocenters. The van der Waals surface area contributed by atoms with Crippen LogP contribution >= 0.6 is 0 Å². The molecule has 138 valence electrons. The van der Waals surface area contributed by atoms with E-state index in [2.05, 4.69) is 5.32 Å². The van der Waals surface area contributed by atoms with E-state index >= 15 is 0 Å². The third-order valence-corrected chi connectivity index (χ3v) is 4.80. The molecule has 5 nitrogen and oxygen atoms in total. The molecule has 1 N–H and O–H groups in total. The number of carbonyl (C=O) groups excluding carboxylic acids is 2. The molecule has 1 aromatic rings. The van der Waals surface area contributed by atoms with Gasteiger partial charge >= 0.3 is 0 Å². The summed E-state index contributed by atoms with van der Waals surface area (Å²) in [7, 11) is 1.64. The highest BCUT2D eigenvalue weighted by molar-refractivity contribution is 5.83. The second-order valence-electron chi connectivity index (χ2n) is 6.80. The van der Waals surface area contributed by atoms with Crippen LogP contribution in [0.3, 0.4) is 0 Å². The summed E-state index contributed by atoms with van der Waals surface area (Å²) >= 11 is 0. The summed E-state index contributed by atoms with van der Waals surface area (Å²) in [6, 6.07) is 8.07. The van der Waals surface area contributed by atoms with E-state index in [9.17, 15) is 9.59 Å². The standard InChI is InChI=1S/C20H30N2O3/c1-16(23)22(13-12-17-8-7-11-19(14-17)25-2)15-20(24)21-18-9-5-3-4-6-10-18/h7-8,11,14,18H,3-6,9-10,12-13,15H2,1-2H3,(H,21,24). The summed E-state index contributed by atoms with van der Waals surface area (Å²) in [5, 5.41) is 3.11. The summed E-state index contributed by atoms with van der Waals surface area (Å²) in [6.07, 6.45) is 7.67. The molecule has 0 heterocycles. The van der Waals surface area contributed by atoms with Gasteiger partial charge in [0.25, 0.3) is 0 Å². The van der Waals surface area contributed by atoms with Crippen LogP contribution in [0.15, 0.2) is 24.3 Å². The zero-order valence-electron chi connectivity index (χ0n) is 15.4. The van der Waals surface area contributed by atoms with Crippen molar-refractivity contribution >= 4 is 11.8 Å². The minimum absolute atomic E-state index is 0.0484. The third kappa shape index (κ3) is 6.77. The summed E-state index contributed by atoms with van der Waals surface area (Å²) in [5.74, 6) is 0.685. The van der Waals surface area contributed by atoms with Crippen LogP contribution in [-0.2, 0) is 16.0 Å². The number of nitrogens with zero attached hydrogens (tertiary/aromatic N) is 1. The van der Waals surface area contributed by atoms with Crippen molar-refractivity contribution in [1.82, 2.24) is 10.2 Å². The molecule has 5 heteroatoms. The molecule has 0 aliphatic heterocycles. The fourth-order valence-corrected chi connectivity index (χ4v) is 3.31. The number of benzene rings is 1. The van der Waals surface area contributed by atoms with Crippen molar-refractivity contribution in [3.8, 4) is 5.75 Å². The van der Waals surface area contributed by atoms with Gasteiger partial charge < -0.3 is 15.0 Å². The molecule has 2 amide bonds.